The van der Waals surface area contributed by atoms with Gasteiger partial charge in [0.05, 0.1) is 12.3 Å². The van der Waals surface area contributed by atoms with Crippen LogP contribution in [0.1, 0.15) is 22.3 Å². The number of benzene rings is 1. The molecule has 0 bridgehead atoms. The van der Waals surface area contributed by atoms with Crippen LogP contribution in [-0.2, 0) is 6.61 Å². The topological polar surface area (TPSA) is 46.0 Å². The summed E-state index contributed by atoms with van der Waals surface area (Å²) in [5.41, 5.74) is 5.77. The molecule has 0 unspecified atom stereocenters. The molecule has 2 aromatic rings. The summed E-state index contributed by atoms with van der Waals surface area (Å²) >= 11 is 6.00. The minimum atomic E-state index is -0.165. The molecule has 0 saturated carbocycles. The van der Waals surface area contributed by atoms with Crippen molar-refractivity contribution in [2.75, 3.05) is 0 Å². The molecule has 0 aliphatic rings. The zero-order chi connectivity index (χ0) is 13.3. The zero-order valence-corrected chi connectivity index (χ0v) is 11.4. The first-order valence-electron chi connectivity index (χ1n) is 5.73. The molecule has 1 N–H and O–H groups in total. The van der Waals surface area contributed by atoms with Crippen molar-refractivity contribution in [3.8, 4) is 11.3 Å². The summed E-state index contributed by atoms with van der Waals surface area (Å²) < 4.78 is 0. The zero-order valence-electron chi connectivity index (χ0n) is 10.7. The monoisotopic (exact) mass is 262 g/mol. The maximum absolute atomic E-state index is 9.43. The molecular weight excluding hydrogens is 248 g/mol. The first-order chi connectivity index (χ1) is 8.54. The highest BCUT2D eigenvalue weighted by atomic mass is 35.5. The van der Waals surface area contributed by atoms with E-state index in [1.807, 2.05) is 13.8 Å². The molecule has 3 nitrogen and oxygen atoms in total. The fourth-order valence-electron chi connectivity index (χ4n) is 2.30. The van der Waals surface area contributed by atoms with Gasteiger partial charge in [-0.3, -0.25) is 0 Å². The Balaban J connectivity index is 2.73. The summed E-state index contributed by atoms with van der Waals surface area (Å²) in [4.78, 5) is 8.18. The molecule has 1 aromatic carbocycles. The molecule has 0 aliphatic heterocycles. The number of rotatable bonds is 2. The highest BCUT2D eigenvalue weighted by molar-refractivity contribution is 6.30. The number of aryl methyl sites for hydroxylation is 3. The Kier molecular flexibility index (Phi) is 3.64. The molecule has 0 spiro atoms. The lowest BCUT2D eigenvalue weighted by atomic mass is 9.95. The lowest BCUT2D eigenvalue weighted by molar-refractivity contribution is 0.281. The van der Waals surface area contributed by atoms with Crippen LogP contribution in [-0.4, -0.2) is 15.1 Å². The number of aromatic nitrogens is 2. The number of halogens is 1. The summed E-state index contributed by atoms with van der Waals surface area (Å²) in [6, 6.07) is 4.19. The third kappa shape index (κ3) is 2.24. The Morgan fingerprint density at radius 3 is 2.28 bits per heavy atom. The molecule has 0 saturated heterocycles. The van der Waals surface area contributed by atoms with Crippen molar-refractivity contribution >= 4 is 11.6 Å². The smallest absolute Gasteiger partial charge is 0.138 e. The van der Waals surface area contributed by atoms with Gasteiger partial charge in [-0.25, -0.2) is 9.97 Å². The average molecular weight is 263 g/mol. The molecule has 0 radical (unpaired) electrons. The highest BCUT2D eigenvalue weighted by Crippen LogP contribution is 2.31. The number of aliphatic hydroxyl groups excluding tert-OH is 1. The Hall–Kier alpha value is -1.45. The van der Waals surface area contributed by atoms with Crippen LogP contribution in [0.25, 0.3) is 11.3 Å². The van der Waals surface area contributed by atoms with Crippen molar-refractivity contribution in [3.63, 3.8) is 0 Å². The first kappa shape index (κ1) is 13.0. The van der Waals surface area contributed by atoms with Gasteiger partial charge in [-0.1, -0.05) is 29.3 Å². The predicted molar refractivity (Wildman–Crippen MR) is 72.6 cm³/mol. The second-order valence-electron chi connectivity index (χ2n) is 4.42. The third-order valence-electron chi connectivity index (χ3n) is 2.96. The average Bonchev–Trinajstić information content (AvgIpc) is 2.27. The lowest BCUT2D eigenvalue weighted by Gasteiger charge is -2.14. The fourth-order valence-corrected chi connectivity index (χ4v) is 2.49. The molecular formula is C14H15ClN2O. The van der Waals surface area contributed by atoms with E-state index in [1.54, 1.807) is 0 Å². The molecule has 1 aromatic heterocycles. The van der Waals surface area contributed by atoms with Crippen molar-refractivity contribution < 1.29 is 5.11 Å². The Bertz CT molecular complexity index is 573. The van der Waals surface area contributed by atoms with Crippen LogP contribution in [0, 0.1) is 20.8 Å². The van der Waals surface area contributed by atoms with Gasteiger partial charge in [0, 0.05) is 11.1 Å². The van der Waals surface area contributed by atoms with Crippen LogP contribution in [0.4, 0.5) is 0 Å². The third-order valence-corrected chi connectivity index (χ3v) is 3.29. The van der Waals surface area contributed by atoms with Gasteiger partial charge in [-0.15, -0.1) is 0 Å². The van der Waals surface area contributed by atoms with E-state index in [0.717, 1.165) is 16.7 Å². The van der Waals surface area contributed by atoms with E-state index in [4.69, 9.17) is 11.6 Å². The Morgan fingerprint density at radius 1 is 1.11 bits per heavy atom. The largest absolute Gasteiger partial charge is 0.391 e. The maximum Gasteiger partial charge on any atom is 0.138 e. The van der Waals surface area contributed by atoms with Crippen molar-refractivity contribution in [3.05, 3.63) is 45.9 Å². The molecule has 1 heterocycles. The van der Waals surface area contributed by atoms with Crippen LogP contribution in [0.3, 0.4) is 0 Å². The number of hydrogen-bond acceptors (Lipinski definition) is 3. The second kappa shape index (κ2) is 5.04. The van der Waals surface area contributed by atoms with Crippen LogP contribution in [0.15, 0.2) is 18.5 Å². The molecule has 94 valence electrons. The molecule has 0 aliphatic carbocycles. The Labute approximate surface area is 111 Å². The van der Waals surface area contributed by atoms with Crippen molar-refractivity contribution in [2.24, 2.45) is 0 Å². The van der Waals surface area contributed by atoms with Gasteiger partial charge in [-0.05, 0) is 31.9 Å². The quantitative estimate of drug-likeness (QED) is 0.846. The van der Waals surface area contributed by atoms with Gasteiger partial charge in [0.1, 0.15) is 11.5 Å². The van der Waals surface area contributed by atoms with E-state index in [9.17, 15) is 5.11 Å². The Morgan fingerprint density at radius 2 is 1.72 bits per heavy atom. The molecule has 4 heteroatoms. The van der Waals surface area contributed by atoms with E-state index in [1.165, 1.54) is 11.9 Å². The van der Waals surface area contributed by atoms with E-state index >= 15 is 0 Å². The van der Waals surface area contributed by atoms with Gasteiger partial charge < -0.3 is 5.11 Å². The van der Waals surface area contributed by atoms with Crippen LogP contribution in [0.5, 0.6) is 0 Å². The summed E-state index contributed by atoms with van der Waals surface area (Å²) in [5, 5.41) is 9.74. The van der Waals surface area contributed by atoms with Crippen LogP contribution >= 0.6 is 11.6 Å². The molecule has 2 rings (SSSR count). The van der Waals surface area contributed by atoms with E-state index < -0.39 is 0 Å². The number of hydrogen-bond donors (Lipinski definition) is 1. The molecule has 18 heavy (non-hydrogen) atoms. The van der Waals surface area contributed by atoms with Crippen LogP contribution < -0.4 is 0 Å². The summed E-state index contributed by atoms with van der Waals surface area (Å²) in [6.45, 7) is 5.96. The minimum Gasteiger partial charge on any atom is -0.391 e. The molecule has 0 fully saturated rings. The van der Waals surface area contributed by atoms with Gasteiger partial charge in [0.15, 0.2) is 0 Å². The highest BCUT2D eigenvalue weighted by Gasteiger charge is 2.15. The lowest BCUT2D eigenvalue weighted by Crippen LogP contribution is -2.00. The van der Waals surface area contributed by atoms with Gasteiger partial charge in [-0.2, -0.15) is 0 Å². The van der Waals surface area contributed by atoms with E-state index in [0.29, 0.717) is 16.4 Å². The second-order valence-corrected chi connectivity index (χ2v) is 4.78. The van der Waals surface area contributed by atoms with Gasteiger partial charge in [0.2, 0.25) is 0 Å². The SMILES string of the molecule is Cc1cc(C)c(-c2ncnc(Cl)c2CO)c(C)c1. The first-order valence-corrected chi connectivity index (χ1v) is 6.11. The standard InChI is InChI=1S/C14H15ClN2O/c1-8-4-9(2)12(10(3)5-8)13-11(6-18)14(15)17-7-16-13/h4-5,7,18H,6H2,1-3H3. The van der Waals surface area contributed by atoms with Crippen molar-refractivity contribution in [2.45, 2.75) is 27.4 Å². The predicted octanol–water partition coefficient (Wildman–Crippen LogP) is 3.21. The van der Waals surface area contributed by atoms with Crippen LogP contribution in [0.2, 0.25) is 5.15 Å². The van der Waals surface area contributed by atoms with E-state index in [2.05, 4.69) is 29.0 Å². The van der Waals surface area contributed by atoms with Crippen molar-refractivity contribution in [1.82, 2.24) is 9.97 Å². The van der Waals surface area contributed by atoms with E-state index in [-0.39, 0.29) is 6.61 Å². The summed E-state index contributed by atoms with van der Waals surface area (Å²) in [7, 11) is 0. The summed E-state index contributed by atoms with van der Waals surface area (Å²) in [5.74, 6) is 0. The molecule has 0 atom stereocenters. The summed E-state index contributed by atoms with van der Waals surface area (Å²) in [6.07, 6.45) is 1.43. The minimum absolute atomic E-state index is 0.165. The maximum atomic E-state index is 9.43. The number of nitrogens with zero attached hydrogens (tertiary/aromatic N) is 2. The molecule has 0 amide bonds. The fraction of sp³-hybridized carbons (Fsp3) is 0.286. The normalized spacial score (nSPS) is 10.7. The van der Waals surface area contributed by atoms with Crippen molar-refractivity contribution in [1.29, 1.82) is 0 Å². The van der Waals surface area contributed by atoms with Gasteiger partial charge in [0.25, 0.3) is 0 Å². The number of aliphatic hydroxyl groups is 1. The van der Waals surface area contributed by atoms with Gasteiger partial charge >= 0.3 is 0 Å².